The Morgan fingerprint density at radius 1 is 0.761 bits per heavy atom. The molecular weight excluding hydrogens is 961 g/mol. The molecule has 0 amide bonds. The van der Waals surface area contributed by atoms with Crippen LogP contribution in [0.5, 0.6) is 0 Å². The van der Waals surface area contributed by atoms with Crippen LogP contribution in [-0.4, -0.2) is 96.9 Å². The number of aliphatic hydroxyl groups excluding tert-OH is 3. The Morgan fingerprint density at radius 3 is 2.01 bits per heavy atom. The molecule has 2 heterocycles. The molecule has 1 aromatic heterocycles. The van der Waals surface area contributed by atoms with Crippen LogP contribution in [0.15, 0.2) is 102 Å². The first-order chi connectivity index (χ1) is 34.1. The van der Waals surface area contributed by atoms with E-state index in [1.165, 1.54) is 25.3 Å². The van der Waals surface area contributed by atoms with Crippen LogP contribution in [0.2, 0.25) is 0 Å². The predicted octanol–water partition coefficient (Wildman–Crippen LogP) is 8.86. The average molecular weight is 1040 g/mol. The van der Waals surface area contributed by atoms with Gasteiger partial charge in [0.1, 0.15) is 30.7 Å². The maximum atomic E-state index is 12.9. The molecule has 0 radical (unpaired) electrons. The van der Waals surface area contributed by atoms with Crippen LogP contribution in [0.3, 0.4) is 0 Å². The summed E-state index contributed by atoms with van der Waals surface area (Å²) in [5, 5.41) is 31.2. The SMILES string of the molecule is CC/C=C\C/C=C\C/C=C\C/C=C\C=C\C(O)CCCC(=O)OC[C@H](COP(=O)(O)OP(=O)(O)OC[C@H]1O[C@@H](n2ccc(N)nc2=O)[C@H](O)[C@@H]1O)OC(=O)CCCCCCC/C=C\C/C=C\CCCCC. The summed E-state index contributed by atoms with van der Waals surface area (Å²) >= 11 is 0. The summed E-state index contributed by atoms with van der Waals surface area (Å²) in [7, 11) is -10.9. The molecule has 0 spiro atoms. The Bertz CT molecular complexity index is 2040. The molecule has 1 aromatic rings. The zero-order valence-electron chi connectivity index (χ0n) is 41.4. The smallest absolute Gasteiger partial charge is 0.462 e. The first kappa shape index (κ1) is 63.0. The molecule has 1 fully saturated rings. The van der Waals surface area contributed by atoms with Gasteiger partial charge >= 0.3 is 33.3 Å². The van der Waals surface area contributed by atoms with Gasteiger partial charge in [-0.2, -0.15) is 9.29 Å². The number of hydrogen-bond donors (Lipinski definition) is 6. The van der Waals surface area contributed by atoms with Crippen LogP contribution < -0.4 is 11.4 Å². The number of aliphatic hydroxyl groups is 3. The second kappa shape index (κ2) is 37.6. The Balaban J connectivity index is 1.87. The molecule has 0 aromatic carbocycles. The highest BCUT2D eigenvalue weighted by atomic mass is 31.3. The number of anilines is 1. The number of rotatable bonds is 39. The molecule has 8 atom stereocenters. The minimum Gasteiger partial charge on any atom is -0.462 e. The van der Waals surface area contributed by atoms with Gasteiger partial charge in [0, 0.05) is 19.0 Å². The zero-order chi connectivity index (χ0) is 52.2. The number of unbranched alkanes of at least 4 members (excludes halogenated alkanes) is 8. The molecule has 0 bridgehead atoms. The van der Waals surface area contributed by atoms with E-state index in [4.69, 9.17) is 29.0 Å². The molecule has 21 heteroatoms. The molecule has 400 valence electrons. The van der Waals surface area contributed by atoms with Crippen molar-refractivity contribution in [2.45, 2.75) is 173 Å². The summed E-state index contributed by atoms with van der Waals surface area (Å²) < 4.78 is 56.5. The molecule has 1 aliphatic rings. The minimum absolute atomic E-state index is 0.0116. The van der Waals surface area contributed by atoms with Gasteiger partial charge in [0.25, 0.3) is 0 Å². The Morgan fingerprint density at radius 2 is 1.35 bits per heavy atom. The lowest BCUT2D eigenvalue weighted by Crippen LogP contribution is -2.36. The normalized spacial score (nSPS) is 20.3. The lowest BCUT2D eigenvalue weighted by atomic mass is 10.1. The third-order valence-electron chi connectivity index (χ3n) is 10.6. The van der Waals surface area contributed by atoms with Crippen LogP contribution in [0.25, 0.3) is 0 Å². The van der Waals surface area contributed by atoms with E-state index in [1.54, 1.807) is 12.2 Å². The van der Waals surface area contributed by atoms with Crippen molar-refractivity contribution >= 4 is 33.4 Å². The number of allylic oxidation sites excluding steroid dienone is 13. The van der Waals surface area contributed by atoms with E-state index in [1.807, 2.05) is 18.2 Å². The van der Waals surface area contributed by atoms with Gasteiger partial charge in [0.15, 0.2) is 12.3 Å². The van der Waals surface area contributed by atoms with E-state index >= 15 is 0 Å². The fourth-order valence-electron chi connectivity index (χ4n) is 6.72. The Labute approximate surface area is 419 Å². The lowest BCUT2D eigenvalue weighted by Gasteiger charge is -2.21. The molecule has 71 heavy (non-hydrogen) atoms. The van der Waals surface area contributed by atoms with Crippen LogP contribution in [0.4, 0.5) is 5.82 Å². The van der Waals surface area contributed by atoms with Gasteiger partial charge in [0.2, 0.25) is 0 Å². The summed E-state index contributed by atoms with van der Waals surface area (Å²) in [6.45, 7) is 1.79. The van der Waals surface area contributed by atoms with Crippen molar-refractivity contribution in [3.8, 4) is 0 Å². The van der Waals surface area contributed by atoms with Crippen LogP contribution in [-0.2, 0) is 46.3 Å². The number of aromatic nitrogens is 2. The van der Waals surface area contributed by atoms with Crippen molar-refractivity contribution in [2.75, 3.05) is 25.6 Å². The second-order valence-electron chi connectivity index (χ2n) is 16.8. The van der Waals surface area contributed by atoms with Gasteiger partial charge in [-0.05, 0) is 83.1 Å². The monoisotopic (exact) mass is 1040 g/mol. The van der Waals surface area contributed by atoms with Crippen LogP contribution >= 0.6 is 15.6 Å². The molecule has 1 aliphatic heterocycles. The summed E-state index contributed by atoms with van der Waals surface area (Å²) in [6.07, 6.45) is 35.5. The minimum atomic E-state index is -5.47. The Kier molecular flexibility index (Phi) is 33.4. The topological polar surface area (TPSA) is 286 Å². The first-order valence-corrected chi connectivity index (χ1v) is 27.7. The quantitative estimate of drug-likeness (QED) is 0.0118. The third-order valence-corrected chi connectivity index (χ3v) is 13.2. The average Bonchev–Trinajstić information content (AvgIpc) is 3.60. The number of hydrogen-bond acceptors (Lipinski definition) is 16. The fourth-order valence-corrected chi connectivity index (χ4v) is 8.83. The number of carbonyl (C=O) groups is 2. The fraction of sp³-hybridized carbons (Fsp3) is 0.600. The standard InChI is InChI=1S/C50H79N3O16P2/c1-3-5-7-9-11-13-15-17-18-20-22-24-26-28-30-34-46(56)67-42(38-64-45(55)35-31-33-41(54)32-29-27-25-23-21-19-16-14-12-10-8-6-4-2)39-65-70(60,61)69-71(62,63)66-40-43-47(57)48(58)49(68-43)53-37-36-44(51)52-50(53)59/h6,8,11-14,17-19,21,25,27,29,32,36-37,41-43,47-49,54,57-58H,3-5,7,9-10,15-16,20,22-24,26,28,30-31,33-35,38-40H2,1-2H3,(H,60,61)(H,62,63)(H2,51,52,59)/b8-6-,13-11-,14-12-,18-17-,21-19-,27-25-,32-29+/t41?,42-,43-,47-,48-,49-/m1/s1. The highest BCUT2D eigenvalue weighted by molar-refractivity contribution is 7.61. The molecule has 3 unspecified atom stereocenters. The number of carbonyl (C=O) groups excluding carboxylic acids is 2. The third kappa shape index (κ3) is 30.5. The highest BCUT2D eigenvalue weighted by Gasteiger charge is 2.46. The predicted molar refractivity (Wildman–Crippen MR) is 271 cm³/mol. The molecular formula is C50H79N3O16P2. The zero-order valence-corrected chi connectivity index (χ0v) is 43.1. The van der Waals surface area contributed by atoms with Gasteiger partial charge in [0.05, 0.1) is 19.3 Å². The van der Waals surface area contributed by atoms with Gasteiger partial charge in [-0.1, -0.05) is 131 Å². The van der Waals surface area contributed by atoms with Crippen LogP contribution in [0.1, 0.15) is 142 Å². The van der Waals surface area contributed by atoms with Crippen molar-refractivity contribution in [3.05, 3.63) is 108 Å². The number of nitrogen functional groups attached to an aromatic ring is 1. The molecule has 19 nitrogen and oxygen atoms in total. The van der Waals surface area contributed by atoms with E-state index in [9.17, 15) is 48.6 Å². The van der Waals surface area contributed by atoms with Crippen molar-refractivity contribution in [2.24, 2.45) is 0 Å². The second-order valence-corrected chi connectivity index (χ2v) is 19.8. The molecule has 0 aliphatic carbocycles. The number of esters is 2. The number of nitrogens with two attached hydrogens (primary N) is 1. The first-order valence-electron chi connectivity index (χ1n) is 24.7. The van der Waals surface area contributed by atoms with E-state index in [0.717, 1.165) is 81.4 Å². The molecule has 0 saturated carbocycles. The van der Waals surface area contributed by atoms with Crippen molar-refractivity contribution in [1.29, 1.82) is 0 Å². The summed E-state index contributed by atoms with van der Waals surface area (Å²) in [6, 6.07) is 1.23. The Hall–Kier alpha value is -4.10. The van der Waals surface area contributed by atoms with Gasteiger partial charge in [-0.15, -0.1) is 0 Å². The van der Waals surface area contributed by atoms with E-state index in [-0.39, 0.29) is 31.5 Å². The van der Waals surface area contributed by atoms with Crippen LogP contribution in [0, 0.1) is 0 Å². The maximum Gasteiger partial charge on any atom is 0.481 e. The van der Waals surface area contributed by atoms with Crippen molar-refractivity contribution in [3.63, 3.8) is 0 Å². The molecule has 2 rings (SSSR count). The summed E-state index contributed by atoms with van der Waals surface area (Å²) in [4.78, 5) is 61.9. The van der Waals surface area contributed by atoms with Gasteiger partial charge in [-0.3, -0.25) is 23.2 Å². The maximum absolute atomic E-state index is 12.9. The van der Waals surface area contributed by atoms with Gasteiger partial charge in [-0.25, -0.2) is 13.9 Å². The lowest BCUT2D eigenvalue weighted by molar-refractivity contribution is -0.161. The molecule has 7 N–H and O–H groups in total. The number of phosphoric acid groups is 2. The number of nitrogens with zero attached hydrogens (tertiary/aromatic N) is 2. The highest BCUT2D eigenvalue weighted by Crippen LogP contribution is 2.60. The number of phosphoric ester groups is 2. The number of ether oxygens (including phenoxy) is 3. The van der Waals surface area contributed by atoms with Gasteiger partial charge < -0.3 is 45.1 Å². The largest absolute Gasteiger partial charge is 0.481 e. The van der Waals surface area contributed by atoms with E-state index < -0.39 is 89.8 Å². The molecule has 1 saturated heterocycles. The van der Waals surface area contributed by atoms with Crippen molar-refractivity contribution in [1.82, 2.24) is 9.55 Å². The summed E-state index contributed by atoms with van der Waals surface area (Å²) in [5.41, 5.74) is 4.57. The summed E-state index contributed by atoms with van der Waals surface area (Å²) in [5.74, 6) is -1.54. The van der Waals surface area contributed by atoms with E-state index in [2.05, 4.69) is 77.8 Å². The van der Waals surface area contributed by atoms with E-state index in [0.29, 0.717) is 6.42 Å². The van der Waals surface area contributed by atoms with Crippen molar-refractivity contribution < 1.29 is 71.4 Å².